The van der Waals surface area contributed by atoms with Crippen molar-refractivity contribution in [2.45, 2.75) is 236 Å². The van der Waals surface area contributed by atoms with Crippen molar-refractivity contribution in [3.8, 4) is 0 Å². The summed E-state index contributed by atoms with van der Waals surface area (Å²) in [6.07, 6.45) is 34.4. The van der Waals surface area contributed by atoms with Gasteiger partial charge in [-0.25, -0.2) is 4.57 Å². The molecule has 1 saturated heterocycles. The van der Waals surface area contributed by atoms with Crippen LogP contribution in [-0.4, -0.2) is 111 Å². The Morgan fingerprint density at radius 1 is 0.545 bits per heavy atom. The summed E-state index contributed by atoms with van der Waals surface area (Å²) in [7, 11) is -5.14. The molecule has 0 bridgehead atoms. The van der Waals surface area contributed by atoms with Gasteiger partial charge in [0.15, 0.2) is 6.10 Å². The van der Waals surface area contributed by atoms with Crippen molar-refractivity contribution in [1.82, 2.24) is 0 Å². The third-order valence-electron chi connectivity index (χ3n) is 11.8. The van der Waals surface area contributed by atoms with Crippen LogP contribution in [0.15, 0.2) is 60.8 Å². The molecule has 6 N–H and O–H groups in total. The van der Waals surface area contributed by atoms with Crippen LogP contribution >= 0.6 is 7.82 Å². The molecule has 2 aliphatic rings. The van der Waals surface area contributed by atoms with Gasteiger partial charge in [-0.2, -0.15) is 0 Å². The Bertz CT molecular complexity index is 1450. The number of esters is 2. The molecule has 1 saturated carbocycles. The van der Waals surface area contributed by atoms with Crippen LogP contribution in [0.2, 0.25) is 0 Å². The van der Waals surface area contributed by atoms with E-state index in [-0.39, 0.29) is 12.8 Å². The monoisotopic (exact) mass is 955 g/mol. The van der Waals surface area contributed by atoms with Crippen LogP contribution in [-0.2, 0) is 37.4 Å². The van der Waals surface area contributed by atoms with Gasteiger partial charge in [0.2, 0.25) is 0 Å². The molecule has 0 aromatic heterocycles. The van der Waals surface area contributed by atoms with Gasteiger partial charge in [0.25, 0.3) is 0 Å². The number of aliphatic hydroxyl groups excluding tert-OH is 5. The van der Waals surface area contributed by atoms with Crippen molar-refractivity contribution >= 4 is 19.8 Å². The standard InChI is InChI=1S/C51H87O14P/c1-3-5-7-8-9-10-11-12-13-14-15-16-17-18-19-24-27-30-34-38-45(53)63-41(40-62-66(59,60)65-51-49(57)47(55)46(54)48(56)50(51)58)39-61-44(52)37-33-29-26-23-21-20-22-25-28-32-36-43-42(64-43)35-31-6-4-2/h9-10,12-13,20,22-23,26,28,32,41-43,46-51,54-58H,3-8,11,14-19,21,24-25,27,29-31,33-40H2,1-2H3,(H,59,60)/b10-9-,13-12-,22-20-,26-23-,32-28-/t41-,42?,43?,46?,47-,48+,49-,50-,51?/m1/s1. The van der Waals surface area contributed by atoms with E-state index >= 15 is 0 Å². The first-order valence-corrected chi connectivity index (χ1v) is 26.7. The van der Waals surface area contributed by atoms with Crippen LogP contribution in [0.25, 0.3) is 0 Å². The van der Waals surface area contributed by atoms with Gasteiger partial charge >= 0.3 is 19.8 Å². The molecule has 5 unspecified atom stereocenters. The van der Waals surface area contributed by atoms with E-state index in [1.54, 1.807) is 0 Å². The molecule has 1 aliphatic carbocycles. The van der Waals surface area contributed by atoms with Gasteiger partial charge in [0, 0.05) is 12.8 Å². The van der Waals surface area contributed by atoms with Gasteiger partial charge < -0.3 is 44.6 Å². The van der Waals surface area contributed by atoms with Gasteiger partial charge in [-0.05, 0) is 77.0 Å². The van der Waals surface area contributed by atoms with Crippen LogP contribution in [0.4, 0.5) is 0 Å². The predicted octanol–water partition coefficient (Wildman–Crippen LogP) is 9.49. The van der Waals surface area contributed by atoms with Crippen LogP contribution in [0.5, 0.6) is 0 Å². The fraction of sp³-hybridized carbons (Fsp3) is 0.765. The second-order valence-corrected chi connectivity index (χ2v) is 19.1. The summed E-state index contributed by atoms with van der Waals surface area (Å²) in [5, 5.41) is 50.2. The molecule has 1 aliphatic heterocycles. The zero-order valence-corrected chi connectivity index (χ0v) is 41.1. The summed E-state index contributed by atoms with van der Waals surface area (Å²) >= 11 is 0. The molecule has 2 fully saturated rings. The van der Waals surface area contributed by atoms with Gasteiger partial charge in [0.1, 0.15) is 43.2 Å². The molecule has 10 atom stereocenters. The van der Waals surface area contributed by atoms with E-state index in [4.69, 9.17) is 23.3 Å². The first-order valence-electron chi connectivity index (χ1n) is 25.2. The van der Waals surface area contributed by atoms with E-state index in [0.717, 1.165) is 64.2 Å². The van der Waals surface area contributed by atoms with Crippen molar-refractivity contribution in [2.75, 3.05) is 13.2 Å². The lowest BCUT2D eigenvalue weighted by molar-refractivity contribution is -0.220. The average molecular weight is 955 g/mol. The largest absolute Gasteiger partial charge is 0.472 e. The highest BCUT2D eigenvalue weighted by molar-refractivity contribution is 7.47. The Morgan fingerprint density at radius 3 is 1.61 bits per heavy atom. The fourth-order valence-corrected chi connectivity index (χ4v) is 8.55. The number of ether oxygens (including phenoxy) is 3. The molecule has 0 spiro atoms. The molecule has 0 aromatic carbocycles. The van der Waals surface area contributed by atoms with Crippen molar-refractivity contribution in [1.29, 1.82) is 0 Å². The molecule has 14 nitrogen and oxygen atoms in total. The Labute approximate surface area is 396 Å². The number of carbonyl (C=O) groups is 2. The second-order valence-electron chi connectivity index (χ2n) is 17.7. The molecule has 15 heteroatoms. The normalized spacial score (nSPS) is 24.8. The number of epoxide rings is 1. The molecule has 66 heavy (non-hydrogen) atoms. The van der Waals surface area contributed by atoms with E-state index in [9.17, 15) is 44.6 Å². The number of phosphoric ester groups is 1. The molecule has 1 heterocycles. The summed E-state index contributed by atoms with van der Waals surface area (Å²) in [5.74, 6) is -1.18. The number of aliphatic hydroxyl groups is 5. The lowest BCUT2D eigenvalue weighted by Crippen LogP contribution is -2.64. The number of allylic oxidation sites excluding steroid dienone is 9. The van der Waals surface area contributed by atoms with E-state index in [0.29, 0.717) is 31.5 Å². The zero-order valence-electron chi connectivity index (χ0n) is 40.2. The van der Waals surface area contributed by atoms with Crippen molar-refractivity contribution in [3.63, 3.8) is 0 Å². The van der Waals surface area contributed by atoms with Gasteiger partial charge in [-0.15, -0.1) is 0 Å². The number of rotatable bonds is 40. The van der Waals surface area contributed by atoms with Gasteiger partial charge in [-0.3, -0.25) is 18.6 Å². The second kappa shape index (κ2) is 37.4. The highest BCUT2D eigenvalue weighted by Gasteiger charge is 2.51. The topological polar surface area (TPSA) is 222 Å². The Balaban J connectivity index is 1.69. The highest BCUT2D eigenvalue weighted by Crippen LogP contribution is 2.47. The number of unbranched alkanes of at least 4 members (excludes halogenated alkanes) is 15. The van der Waals surface area contributed by atoms with E-state index < -0.39 is 75.7 Å². The SMILES string of the molecule is CCCCC/C=C\C/C=C\CCCCCCCCCCCC(=O)O[C@H](COC(=O)CCC/C=C\C/C=C\C/C=C\CC1OC1CCCCC)COP(=O)(O)OC1[C@H](O)[C@H](O)C(O)[C@H](O)[C@H]1O. The van der Waals surface area contributed by atoms with E-state index in [1.165, 1.54) is 70.6 Å². The van der Waals surface area contributed by atoms with Crippen molar-refractivity contribution in [2.24, 2.45) is 0 Å². The minimum Gasteiger partial charge on any atom is -0.462 e. The number of phosphoric acid groups is 1. The first kappa shape index (κ1) is 59.6. The van der Waals surface area contributed by atoms with Crippen molar-refractivity contribution in [3.05, 3.63) is 60.8 Å². The number of hydrogen-bond donors (Lipinski definition) is 6. The molecule has 0 amide bonds. The molecule has 0 aromatic rings. The summed E-state index contributed by atoms with van der Waals surface area (Å²) in [6.45, 7) is 3.20. The van der Waals surface area contributed by atoms with Crippen LogP contribution < -0.4 is 0 Å². The third-order valence-corrected chi connectivity index (χ3v) is 12.7. The quantitative estimate of drug-likeness (QED) is 0.0111. The maximum absolute atomic E-state index is 12.8. The third kappa shape index (κ3) is 28.7. The summed E-state index contributed by atoms with van der Waals surface area (Å²) in [5.41, 5.74) is 0. The highest BCUT2D eigenvalue weighted by atomic mass is 31.2. The Morgan fingerprint density at radius 2 is 1.02 bits per heavy atom. The molecular weight excluding hydrogens is 868 g/mol. The van der Waals surface area contributed by atoms with Crippen LogP contribution in [0, 0.1) is 0 Å². The van der Waals surface area contributed by atoms with Crippen molar-refractivity contribution < 1.29 is 67.8 Å². The zero-order chi connectivity index (χ0) is 48.3. The van der Waals surface area contributed by atoms with E-state index in [1.807, 2.05) is 12.2 Å². The van der Waals surface area contributed by atoms with Gasteiger partial charge in [-0.1, -0.05) is 152 Å². The fourth-order valence-electron chi connectivity index (χ4n) is 7.58. The van der Waals surface area contributed by atoms with E-state index in [2.05, 4.69) is 62.5 Å². The summed E-state index contributed by atoms with van der Waals surface area (Å²) in [6, 6.07) is 0. The number of carbonyl (C=O) groups excluding carboxylic acids is 2. The molecule has 2 rings (SSSR count). The molecular formula is C51H87O14P. The van der Waals surface area contributed by atoms with Gasteiger partial charge in [0.05, 0.1) is 18.8 Å². The molecule has 380 valence electrons. The average Bonchev–Trinajstić information content (AvgIpc) is 4.06. The first-order chi connectivity index (χ1) is 31.9. The molecule has 0 radical (unpaired) electrons. The Kier molecular flexibility index (Phi) is 33.8. The van der Waals surface area contributed by atoms with Crippen LogP contribution in [0.3, 0.4) is 0 Å². The number of hydrogen-bond acceptors (Lipinski definition) is 13. The maximum Gasteiger partial charge on any atom is 0.472 e. The van der Waals surface area contributed by atoms with Crippen LogP contribution in [0.1, 0.15) is 181 Å². The summed E-state index contributed by atoms with van der Waals surface area (Å²) < 4.78 is 39.3. The minimum atomic E-state index is -5.14. The Hall–Kier alpha value is -2.49. The smallest absolute Gasteiger partial charge is 0.462 e. The predicted molar refractivity (Wildman–Crippen MR) is 257 cm³/mol. The minimum absolute atomic E-state index is 0.0756. The summed E-state index contributed by atoms with van der Waals surface area (Å²) in [4.78, 5) is 35.8. The maximum atomic E-state index is 12.8. The lowest BCUT2D eigenvalue weighted by atomic mass is 9.85. The lowest BCUT2D eigenvalue weighted by Gasteiger charge is -2.41.